The summed E-state index contributed by atoms with van der Waals surface area (Å²) in [5.41, 5.74) is 2.23. The molecule has 0 unspecified atom stereocenters. The van der Waals surface area contributed by atoms with Crippen molar-refractivity contribution in [1.29, 1.82) is 0 Å². The molecule has 2 aromatic heterocycles. The van der Waals surface area contributed by atoms with Crippen LogP contribution in [0.1, 0.15) is 0 Å². The molecule has 0 spiro atoms. The van der Waals surface area contributed by atoms with Gasteiger partial charge in [0.15, 0.2) is 5.82 Å². The van der Waals surface area contributed by atoms with Crippen LogP contribution in [0.4, 0.5) is 27.8 Å². The lowest BCUT2D eigenvalue weighted by Gasteiger charge is -2.31. The number of nitrogens with one attached hydrogen (secondary N) is 2. The Hall–Kier alpha value is -3.76. The molecular weight excluding hydrogens is 434 g/mol. The van der Waals surface area contributed by atoms with Gasteiger partial charge in [-0.1, -0.05) is 0 Å². The van der Waals surface area contributed by atoms with E-state index in [-0.39, 0.29) is 6.03 Å². The minimum atomic E-state index is -0.320. The average molecular weight is 462 g/mol. The summed E-state index contributed by atoms with van der Waals surface area (Å²) < 4.78 is 11.0. The summed E-state index contributed by atoms with van der Waals surface area (Å²) in [6.07, 6.45) is 3.25. The van der Waals surface area contributed by atoms with Gasteiger partial charge >= 0.3 is 6.03 Å². The molecule has 2 aliphatic rings. The van der Waals surface area contributed by atoms with E-state index in [1.807, 2.05) is 24.3 Å². The smallest absolute Gasteiger partial charge is 0.323 e. The highest BCUT2D eigenvalue weighted by Gasteiger charge is 2.19. The third-order valence-corrected chi connectivity index (χ3v) is 5.71. The Bertz CT molecular complexity index is 1060. The van der Waals surface area contributed by atoms with Gasteiger partial charge in [0.1, 0.15) is 11.6 Å². The number of hydrogen-bond acceptors (Lipinski definition) is 8. The lowest BCUT2D eigenvalue weighted by molar-refractivity contribution is 0.122. The van der Waals surface area contributed by atoms with Crippen molar-refractivity contribution < 1.29 is 14.3 Å². The van der Waals surface area contributed by atoms with Crippen LogP contribution >= 0.6 is 0 Å². The fourth-order valence-electron chi connectivity index (χ4n) is 3.89. The van der Waals surface area contributed by atoms with Crippen LogP contribution < -0.4 is 20.4 Å². The van der Waals surface area contributed by atoms with Gasteiger partial charge in [-0.05, 0) is 36.4 Å². The quantitative estimate of drug-likeness (QED) is 0.598. The topological polar surface area (TPSA) is 105 Å². The highest BCUT2D eigenvalue weighted by atomic mass is 16.5. The van der Waals surface area contributed by atoms with E-state index in [9.17, 15) is 4.79 Å². The largest absolute Gasteiger partial charge is 0.378 e. The van der Waals surface area contributed by atoms with Crippen LogP contribution in [0.5, 0.6) is 0 Å². The van der Waals surface area contributed by atoms with Crippen molar-refractivity contribution in [2.75, 3.05) is 73.0 Å². The second-order valence-corrected chi connectivity index (χ2v) is 8.00. The third kappa shape index (κ3) is 5.41. The van der Waals surface area contributed by atoms with E-state index >= 15 is 0 Å². The SMILES string of the molecule is O=C(Nc1ccncc1)Nc1ccc(-c2nc(N3CCOCC3)cc(N3CCOCC3)n2)cc1. The summed E-state index contributed by atoms with van der Waals surface area (Å²) in [6, 6.07) is 12.7. The normalized spacial score (nSPS) is 16.2. The molecular formula is C24H27N7O3. The minimum Gasteiger partial charge on any atom is -0.378 e. The Morgan fingerprint density at radius 3 is 1.76 bits per heavy atom. The number of benzene rings is 1. The van der Waals surface area contributed by atoms with Crippen molar-refractivity contribution in [2.24, 2.45) is 0 Å². The number of aromatic nitrogens is 3. The first kappa shape index (κ1) is 22.1. The predicted octanol–water partition coefficient (Wildman–Crippen LogP) is 2.86. The van der Waals surface area contributed by atoms with Gasteiger partial charge in [-0.3, -0.25) is 4.98 Å². The number of nitrogens with zero attached hydrogens (tertiary/aromatic N) is 5. The van der Waals surface area contributed by atoms with E-state index < -0.39 is 0 Å². The molecule has 3 aromatic rings. The molecule has 10 nitrogen and oxygen atoms in total. The number of amides is 2. The molecule has 1 aromatic carbocycles. The van der Waals surface area contributed by atoms with Gasteiger partial charge in [0.2, 0.25) is 0 Å². The monoisotopic (exact) mass is 461 g/mol. The fourth-order valence-corrected chi connectivity index (χ4v) is 3.89. The van der Waals surface area contributed by atoms with Crippen molar-refractivity contribution in [3.8, 4) is 11.4 Å². The highest BCUT2D eigenvalue weighted by Crippen LogP contribution is 2.26. The zero-order chi connectivity index (χ0) is 23.2. The van der Waals surface area contributed by atoms with Crippen LogP contribution in [0.25, 0.3) is 11.4 Å². The summed E-state index contributed by atoms with van der Waals surface area (Å²) in [5.74, 6) is 2.45. The van der Waals surface area contributed by atoms with E-state index in [0.29, 0.717) is 43.6 Å². The standard InChI is InChI=1S/C24H27N7O3/c32-24(27-20-5-7-25-8-6-20)26-19-3-1-18(2-4-19)23-28-21(30-9-13-33-14-10-30)17-22(29-23)31-11-15-34-16-12-31/h1-8,17H,9-16H2,(H2,25,26,27,32). The number of urea groups is 1. The molecule has 10 heteroatoms. The summed E-state index contributed by atoms with van der Waals surface area (Å²) in [4.78, 5) is 30.4. The van der Waals surface area contributed by atoms with Crippen LogP contribution in [0.2, 0.25) is 0 Å². The Kier molecular flexibility index (Phi) is 6.78. The van der Waals surface area contributed by atoms with Crippen molar-refractivity contribution in [3.05, 3.63) is 54.9 Å². The Morgan fingerprint density at radius 2 is 1.24 bits per heavy atom. The van der Waals surface area contributed by atoms with Crippen LogP contribution in [0.3, 0.4) is 0 Å². The van der Waals surface area contributed by atoms with E-state index in [1.54, 1.807) is 24.5 Å². The van der Waals surface area contributed by atoms with Crippen molar-refractivity contribution in [3.63, 3.8) is 0 Å². The summed E-state index contributed by atoms with van der Waals surface area (Å²) >= 11 is 0. The zero-order valence-corrected chi connectivity index (χ0v) is 18.8. The second-order valence-electron chi connectivity index (χ2n) is 8.00. The molecule has 2 aliphatic heterocycles. The third-order valence-electron chi connectivity index (χ3n) is 5.71. The molecule has 34 heavy (non-hydrogen) atoms. The van der Waals surface area contributed by atoms with Crippen LogP contribution in [0.15, 0.2) is 54.9 Å². The molecule has 0 radical (unpaired) electrons. The molecule has 5 rings (SSSR count). The lowest BCUT2D eigenvalue weighted by Crippen LogP contribution is -2.38. The first-order valence-corrected chi connectivity index (χ1v) is 11.4. The average Bonchev–Trinajstić information content (AvgIpc) is 2.90. The molecule has 2 fully saturated rings. The number of pyridine rings is 1. The highest BCUT2D eigenvalue weighted by molar-refractivity contribution is 5.99. The first-order chi connectivity index (χ1) is 16.7. The molecule has 176 valence electrons. The molecule has 2 saturated heterocycles. The Labute approximate surface area is 197 Å². The van der Waals surface area contributed by atoms with Gasteiger partial charge in [0.05, 0.1) is 26.4 Å². The number of anilines is 4. The summed E-state index contributed by atoms with van der Waals surface area (Å²) in [6.45, 7) is 5.95. The second kappa shape index (κ2) is 10.4. The fraction of sp³-hybridized carbons (Fsp3) is 0.333. The van der Waals surface area contributed by atoms with Gasteiger partial charge in [-0.15, -0.1) is 0 Å². The lowest BCUT2D eigenvalue weighted by atomic mass is 10.2. The van der Waals surface area contributed by atoms with Crippen molar-refractivity contribution in [1.82, 2.24) is 15.0 Å². The minimum absolute atomic E-state index is 0.320. The van der Waals surface area contributed by atoms with E-state index in [0.717, 1.165) is 43.4 Å². The number of rotatable bonds is 5. The van der Waals surface area contributed by atoms with Gasteiger partial charge < -0.3 is 29.9 Å². The van der Waals surface area contributed by atoms with Crippen LogP contribution in [-0.2, 0) is 9.47 Å². The van der Waals surface area contributed by atoms with Gasteiger partial charge in [-0.25, -0.2) is 14.8 Å². The van der Waals surface area contributed by atoms with E-state index in [2.05, 4.69) is 31.5 Å². The number of carbonyl (C=O) groups excluding carboxylic acids is 1. The van der Waals surface area contributed by atoms with Crippen LogP contribution in [0, 0.1) is 0 Å². The molecule has 4 heterocycles. The van der Waals surface area contributed by atoms with Crippen molar-refractivity contribution >= 4 is 29.0 Å². The number of morpholine rings is 2. The molecule has 2 amide bonds. The van der Waals surface area contributed by atoms with Crippen LogP contribution in [-0.4, -0.2) is 73.6 Å². The first-order valence-electron chi connectivity index (χ1n) is 11.4. The molecule has 0 atom stereocenters. The van der Waals surface area contributed by atoms with Gasteiger partial charge in [-0.2, -0.15) is 0 Å². The molecule has 0 aliphatic carbocycles. The maximum absolute atomic E-state index is 12.3. The summed E-state index contributed by atoms with van der Waals surface area (Å²) in [5, 5.41) is 5.62. The van der Waals surface area contributed by atoms with Crippen molar-refractivity contribution in [2.45, 2.75) is 0 Å². The number of carbonyl (C=O) groups is 1. The number of ether oxygens (including phenoxy) is 2. The predicted molar refractivity (Wildman–Crippen MR) is 130 cm³/mol. The number of hydrogen-bond donors (Lipinski definition) is 2. The van der Waals surface area contributed by atoms with Gasteiger partial charge in [0, 0.05) is 61.6 Å². The van der Waals surface area contributed by atoms with Gasteiger partial charge in [0.25, 0.3) is 0 Å². The Balaban J connectivity index is 1.35. The molecule has 0 saturated carbocycles. The maximum Gasteiger partial charge on any atom is 0.323 e. The van der Waals surface area contributed by atoms with E-state index in [1.165, 1.54) is 0 Å². The Morgan fingerprint density at radius 1 is 0.735 bits per heavy atom. The maximum atomic E-state index is 12.3. The molecule has 0 bridgehead atoms. The zero-order valence-electron chi connectivity index (χ0n) is 18.8. The van der Waals surface area contributed by atoms with E-state index in [4.69, 9.17) is 19.4 Å². The molecule has 2 N–H and O–H groups in total. The summed E-state index contributed by atoms with van der Waals surface area (Å²) in [7, 11) is 0.